The third kappa shape index (κ3) is 1.06. The lowest BCUT2D eigenvalue weighted by molar-refractivity contribution is 0.129. The van der Waals surface area contributed by atoms with E-state index in [0.717, 1.165) is 0 Å². The summed E-state index contributed by atoms with van der Waals surface area (Å²) in [7, 11) is -2.17. The molecule has 6 heteroatoms. The second-order valence-corrected chi connectivity index (χ2v) is 4.02. The summed E-state index contributed by atoms with van der Waals surface area (Å²) in [6, 6.07) is 0. The minimum atomic E-state index is -3.35. The van der Waals surface area contributed by atoms with Crippen molar-refractivity contribution >= 4 is 16.1 Å². The molecule has 10 heavy (non-hydrogen) atoms. The fourth-order valence-corrected chi connectivity index (χ4v) is 1.42. The molecule has 0 N–H and O–H groups in total. The van der Waals surface area contributed by atoms with E-state index in [2.05, 4.69) is 4.74 Å². The molecule has 1 rings (SSSR count). The molecule has 0 aliphatic carbocycles. The van der Waals surface area contributed by atoms with Crippen LogP contribution >= 0.6 is 0 Å². The highest BCUT2D eigenvalue weighted by Crippen LogP contribution is 2.06. The lowest BCUT2D eigenvalue weighted by Gasteiger charge is -2.21. The molecule has 1 aliphatic rings. The van der Waals surface area contributed by atoms with Gasteiger partial charge in [0.2, 0.25) is 10.0 Å². The van der Waals surface area contributed by atoms with Crippen LogP contribution in [0.2, 0.25) is 0 Å². The van der Waals surface area contributed by atoms with Crippen molar-refractivity contribution in [3.8, 4) is 0 Å². The molecule has 5 nitrogen and oxygen atoms in total. The molecular weight excluding hydrogens is 158 g/mol. The van der Waals surface area contributed by atoms with Crippen LogP contribution in [0.15, 0.2) is 0 Å². The first-order valence-electron chi connectivity index (χ1n) is 2.67. The summed E-state index contributed by atoms with van der Waals surface area (Å²) in [6.45, 7) is -0.0362. The maximum Gasteiger partial charge on any atom is 0.423 e. The molecular formula is C4H7NO4S. The van der Waals surface area contributed by atoms with E-state index in [9.17, 15) is 13.2 Å². The molecule has 0 spiro atoms. The molecule has 0 bridgehead atoms. The summed E-state index contributed by atoms with van der Waals surface area (Å²) in [5.74, 6) is -0.116. The van der Waals surface area contributed by atoms with Crippen molar-refractivity contribution < 1.29 is 17.9 Å². The third-order valence-corrected chi connectivity index (χ3v) is 2.91. The van der Waals surface area contributed by atoms with Gasteiger partial charge in [-0.3, -0.25) is 0 Å². The molecule has 0 aromatic heterocycles. The topological polar surface area (TPSA) is 63.7 Å². The van der Waals surface area contributed by atoms with Gasteiger partial charge in [-0.15, -0.1) is 0 Å². The van der Waals surface area contributed by atoms with Crippen LogP contribution in [0.25, 0.3) is 0 Å². The Kier molecular flexibility index (Phi) is 1.55. The minimum absolute atomic E-state index is 0.0362. The first kappa shape index (κ1) is 7.33. The van der Waals surface area contributed by atoms with E-state index < -0.39 is 16.1 Å². The van der Waals surface area contributed by atoms with Crippen molar-refractivity contribution in [1.29, 1.82) is 0 Å². The van der Waals surface area contributed by atoms with Gasteiger partial charge in [0.05, 0.1) is 0 Å². The molecule has 1 heterocycles. The van der Waals surface area contributed by atoms with Gasteiger partial charge >= 0.3 is 6.09 Å². The van der Waals surface area contributed by atoms with Gasteiger partial charge in [0.25, 0.3) is 0 Å². The second-order valence-electron chi connectivity index (χ2n) is 1.90. The molecule has 1 fully saturated rings. The number of amides is 1. The number of cyclic esters (lactones) is 1. The van der Waals surface area contributed by atoms with Gasteiger partial charge in [0.1, 0.15) is 12.4 Å². The third-order valence-electron chi connectivity index (χ3n) is 1.24. The van der Waals surface area contributed by atoms with Crippen molar-refractivity contribution in [1.82, 2.24) is 4.31 Å². The average Bonchev–Trinajstić information content (AvgIpc) is 1.83. The number of carbonyl (C=O) groups is 1. The molecule has 0 atom stereocenters. The standard InChI is InChI=1S/C4H7NO4S/c1-5-4(6)9-2-3-10(5,7)8/h2-3H2,1H3. The summed E-state index contributed by atoms with van der Waals surface area (Å²) in [4.78, 5) is 10.5. The zero-order valence-corrected chi connectivity index (χ0v) is 6.22. The van der Waals surface area contributed by atoms with Crippen molar-refractivity contribution in [2.24, 2.45) is 0 Å². The maximum absolute atomic E-state index is 10.8. The van der Waals surface area contributed by atoms with E-state index in [1.165, 1.54) is 7.05 Å². The summed E-state index contributed by atoms with van der Waals surface area (Å²) in [5, 5.41) is 0. The van der Waals surface area contributed by atoms with Gasteiger partial charge in [-0.25, -0.2) is 17.5 Å². The fraction of sp³-hybridized carbons (Fsp3) is 0.750. The molecule has 0 aromatic carbocycles. The number of hydrogen-bond acceptors (Lipinski definition) is 4. The van der Waals surface area contributed by atoms with Crippen molar-refractivity contribution in [3.05, 3.63) is 0 Å². The van der Waals surface area contributed by atoms with Crippen molar-refractivity contribution in [2.45, 2.75) is 0 Å². The summed E-state index contributed by atoms with van der Waals surface area (Å²) < 4.78 is 26.7. The van der Waals surface area contributed by atoms with Crippen LogP contribution in [-0.4, -0.2) is 38.2 Å². The van der Waals surface area contributed by atoms with Crippen LogP contribution in [0.1, 0.15) is 0 Å². The van der Waals surface area contributed by atoms with E-state index in [1.807, 2.05) is 0 Å². The van der Waals surface area contributed by atoms with Crippen LogP contribution in [0.3, 0.4) is 0 Å². The second kappa shape index (κ2) is 2.12. The maximum atomic E-state index is 10.8. The molecule has 58 valence electrons. The van der Waals surface area contributed by atoms with Crippen molar-refractivity contribution in [3.63, 3.8) is 0 Å². The predicted molar refractivity (Wildman–Crippen MR) is 32.9 cm³/mol. The summed E-state index contributed by atoms with van der Waals surface area (Å²) in [5.41, 5.74) is 0. The van der Waals surface area contributed by atoms with Crippen LogP contribution < -0.4 is 0 Å². The minimum Gasteiger partial charge on any atom is -0.448 e. The van der Waals surface area contributed by atoms with E-state index >= 15 is 0 Å². The molecule has 0 aromatic rings. The lowest BCUT2D eigenvalue weighted by atomic mass is 10.8. The first-order valence-corrected chi connectivity index (χ1v) is 4.28. The molecule has 0 unspecified atom stereocenters. The van der Waals surface area contributed by atoms with Gasteiger partial charge in [-0.2, -0.15) is 0 Å². The normalized spacial score (nSPS) is 24.1. The van der Waals surface area contributed by atoms with Gasteiger partial charge in [-0.05, 0) is 0 Å². The van der Waals surface area contributed by atoms with E-state index in [0.29, 0.717) is 4.31 Å². The van der Waals surface area contributed by atoms with E-state index in [4.69, 9.17) is 0 Å². The van der Waals surface area contributed by atoms with Gasteiger partial charge in [0.15, 0.2) is 0 Å². The highest BCUT2D eigenvalue weighted by Gasteiger charge is 2.29. The number of carbonyl (C=O) groups excluding carboxylic acids is 1. The molecule has 1 amide bonds. The number of hydrogen-bond donors (Lipinski definition) is 0. The van der Waals surface area contributed by atoms with Gasteiger partial charge in [0, 0.05) is 7.05 Å². The Morgan fingerprint density at radius 1 is 1.60 bits per heavy atom. The smallest absolute Gasteiger partial charge is 0.423 e. The average molecular weight is 165 g/mol. The lowest BCUT2D eigenvalue weighted by Crippen LogP contribution is -2.41. The molecule has 1 aliphatic heterocycles. The summed E-state index contributed by atoms with van der Waals surface area (Å²) in [6.07, 6.45) is -0.800. The first-order chi connectivity index (χ1) is 4.54. The SMILES string of the molecule is CN1C(=O)OCCS1(=O)=O. The van der Waals surface area contributed by atoms with Crippen LogP contribution in [0.4, 0.5) is 4.79 Å². The number of nitrogens with zero attached hydrogens (tertiary/aromatic N) is 1. The Balaban J connectivity index is 2.91. The number of sulfonamides is 1. The fourth-order valence-electron chi connectivity index (χ4n) is 0.576. The van der Waals surface area contributed by atoms with E-state index in [-0.39, 0.29) is 12.4 Å². The van der Waals surface area contributed by atoms with Crippen molar-refractivity contribution in [2.75, 3.05) is 19.4 Å². The Morgan fingerprint density at radius 3 is 2.60 bits per heavy atom. The number of ether oxygens (including phenoxy) is 1. The quantitative estimate of drug-likeness (QED) is 0.480. The van der Waals surface area contributed by atoms with Crippen LogP contribution in [-0.2, 0) is 14.8 Å². The Morgan fingerprint density at radius 2 is 2.20 bits per heavy atom. The van der Waals surface area contributed by atoms with E-state index in [1.54, 1.807) is 0 Å². The Bertz CT molecular complexity index is 244. The predicted octanol–water partition coefficient (Wildman–Crippen LogP) is -0.602. The Labute approximate surface area is 58.6 Å². The molecule has 0 saturated carbocycles. The highest BCUT2D eigenvalue weighted by atomic mass is 32.2. The zero-order valence-electron chi connectivity index (χ0n) is 5.40. The summed E-state index contributed by atoms with van der Waals surface area (Å²) >= 11 is 0. The largest absolute Gasteiger partial charge is 0.448 e. The van der Waals surface area contributed by atoms with Gasteiger partial charge in [-0.1, -0.05) is 0 Å². The highest BCUT2D eigenvalue weighted by molar-refractivity contribution is 7.89. The number of rotatable bonds is 0. The van der Waals surface area contributed by atoms with Gasteiger partial charge < -0.3 is 4.74 Å². The zero-order chi connectivity index (χ0) is 7.78. The molecule has 0 radical (unpaired) electrons. The monoisotopic (exact) mass is 165 g/mol. The van der Waals surface area contributed by atoms with Crippen LogP contribution in [0, 0.1) is 0 Å². The van der Waals surface area contributed by atoms with Crippen LogP contribution in [0.5, 0.6) is 0 Å². The molecule has 1 saturated heterocycles. The Hall–Kier alpha value is -0.780.